The molecule has 114 valence electrons. The van der Waals surface area contributed by atoms with Gasteiger partial charge in [-0.15, -0.1) is 0 Å². The Kier molecular flexibility index (Phi) is 4.20. The molecule has 0 aromatic heterocycles. The minimum absolute atomic E-state index is 0.151. The zero-order chi connectivity index (χ0) is 15.5. The molecular formula is C18H18FNO2. The van der Waals surface area contributed by atoms with E-state index in [2.05, 4.69) is 5.32 Å². The van der Waals surface area contributed by atoms with E-state index < -0.39 is 5.97 Å². The fraction of sp³-hybridized carbons (Fsp3) is 0.278. The fourth-order valence-electron chi connectivity index (χ4n) is 2.99. The Balaban J connectivity index is 1.70. The van der Waals surface area contributed by atoms with Crippen LogP contribution in [0, 0.1) is 5.82 Å². The van der Waals surface area contributed by atoms with Gasteiger partial charge in [0, 0.05) is 12.6 Å². The van der Waals surface area contributed by atoms with Gasteiger partial charge < -0.3 is 10.4 Å². The molecule has 4 heteroatoms. The van der Waals surface area contributed by atoms with Crippen LogP contribution in [0.4, 0.5) is 4.39 Å². The predicted octanol–water partition coefficient (Wildman–Crippen LogP) is 3.69. The molecule has 0 saturated carbocycles. The van der Waals surface area contributed by atoms with Crippen LogP contribution >= 0.6 is 0 Å². The Bertz CT molecular complexity index is 682. The highest BCUT2D eigenvalue weighted by Gasteiger charge is 2.20. The second-order valence-corrected chi connectivity index (χ2v) is 5.67. The Morgan fingerprint density at radius 3 is 2.73 bits per heavy atom. The van der Waals surface area contributed by atoms with Crippen molar-refractivity contribution in [3.05, 3.63) is 70.5 Å². The Hall–Kier alpha value is -2.20. The maximum absolute atomic E-state index is 13.5. The monoisotopic (exact) mass is 299 g/mol. The minimum atomic E-state index is -0.920. The first-order valence-electron chi connectivity index (χ1n) is 7.47. The molecule has 3 nitrogen and oxygen atoms in total. The number of nitrogens with one attached hydrogen (secondary N) is 1. The lowest BCUT2D eigenvalue weighted by atomic mass is 9.87. The van der Waals surface area contributed by atoms with Crippen LogP contribution in [-0.4, -0.2) is 11.1 Å². The molecule has 1 aliphatic carbocycles. The first kappa shape index (κ1) is 14.7. The fourth-order valence-corrected chi connectivity index (χ4v) is 2.99. The largest absolute Gasteiger partial charge is 0.478 e. The van der Waals surface area contributed by atoms with Crippen molar-refractivity contribution in [3.8, 4) is 0 Å². The number of aromatic carboxylic acids is 1. The highest BCUT2D eigenvalue weighted by molar-refractivity contribution is 5.87. The lowest BCUT2D eigenvalue weighted by Gasteiger charge is -2.26. The molecule has 1 aliphatic rings. The highest BCUT2D eigenvalue weighted by atomic mass is 19.1. The predicted molar refractivity (Wildman–Crippen MR) is 82.3 cm³/mol. The second-order valence-electron chi connectivity index (χ2n) is 5.67. The van der Waals surface area contributed by atoms with Crippen molar-refractivity contribution >= 4 is 5.97 Å². The number of hydrogen-bond donors (Lipinski definition) is 2. The maximum Gasteiger partial charge on any atom is 0.335 e. The Morgan fingerprint density at radius 2 is 2.00 bits per heavy atom. The second kappa shape index (κ2) is 6.28. The summed E-state index contributed by atoms with van der Waals surface area (Å²) in [5.74, 6) is -1.12. The van der Waals surface area contributed by atoms with Crippen molar-refractivity contribution in [2.75, 3.05) is 0 Å². The maximum atomic E-state index is 13.5. The van der Waals surface area contributed by atoms with Crippen LogP contribution in [-0.2, 0) is 13.0 Å². The molecule has 0 bridgehead atoms. The summed E-state index contributed by atoms with van der Waals surface area (Å²) in [6.45, 7) is 0.639. The van der Waals surface area contributed by atoms with Gasteiger partial charge in [0.05, 0.1) is 5.56 Å². The summed E-state index contributed by atoms with van der Waals surface area (Å²) in [7, 11) is 0. The van der Waals surface area contributed by atoms with Crippen molar-refractivity contribution in [1.82, 2.24) is 5.32 Å². The molecular weight excluding hydrogens is 281 g/mol. The topological polar surface area (TPSA) is 49.3 Å². The third-order valence-electron chi connectivity index (χ3n) is 4.18. The lowest BCUT2D eigenvalue weighted by Crippen LogP contribution is -2.25. The van der Waals surface area contributed by atoms with Crippen LogP contribution < -0.4 is 5.32 Å². The molecule has 2 N–H and O–H groups in total. The molecule has 0 saturated heterocycles. The molecule has 2 aromatic carbocycles. The van der Waals surface area contributed by atoms with E-state index in [4.69, 9.17) is 5.11 Å². The normalized spacial score (nSPS) is 17.0. The number of hydrogen-bond acceptors (Lipinski definition) is 2. The van der Waals surface area contributed by atoms with E-state index in [1.165, 1.54) is 11.6 Å². The van der Waals surface area contributed by atoms with E-state index in [-0.39, 0.29) is 17.4 Å². The van der Waals surface area contributed by atoms with Gasteiger partial charge in [-0.3, -0.25) is 0 Å². The van der Waals surface area contributed by atoms with E-state index in [1.54, 1.807) is 18.2 Å². The van der Waals surface area contributed by atoms with Crippen LogP contribution in [0.2, 0.25) is 0 Å². The zero-order valence-corrected chi connectivity index (χ0v) is 12.2. The van der Waals surface area contributed by atoms with Gasteiger partial charge in [-0.2, -0.15) is 0 Å². The van der Waals surface area contributed by atoms with Gasteiger partial charge in [0.2, 0.25) is 0 Å². The average molecular weight is 299 g/mol. The Morgan fingerprint density at radius 1 is 1.23 bits per heavy atom. The van der Waals surface area contributed by atoms with Gasteiger partial charge >= 0.3 is 5.97 Å². The lowest BCUT2D eigenvalue weighted by molar-refractivity contribution is 0.0697. The SMILES string of the molecule is O=C(O)c1ccc(CN[C@H]2CCCc3ccc(F)cc32)cc1. The van der Waals surface area contributed by atoms with E-state index >= 15 is 0 Å². The van der Waals surface area contributed by atoms with Gasteiger partial charge in [-0.25, -0.2) is 9.18 Å². The summed E-state index contributed by atoms with van der Waals surface area (Å²) in [5, 5.41) is 12.3. The molecule has 0 heterocycles. The summed E-state index contributed by atoms with van der Waals surface area (Å²) >= 11 is 0. The molecule has 2 aromatic rings. The van der Waals surface area contributed by atoms with Crippen LogP contribution in [0.5, 0.6) is 0 Å². The Labute approximate surface area is 128 Å². The van der Waals surface area contributed by atoms with Crippen molar-refractivity contribution in [2.45, 2.75) is 31.8 Å². The van der Waals surface area contributed by atoms with E-state index in [1.807, 2.05) is 18.2 Å². The smallest absolute Gasteiger partial charge is 0.335 e. The summed E-state index contributed by atoms with van der Waals surface area (Å²) in [4.78, 5) is 10.8. The third-order valence-corrected chi connectivity index (χ3v) is 4.18. The van der Waals surface area contributed by atoms with E-state index in [0.717, 1.165) is 30.4 Å². The summed E-state index contributed by atoms with van der Waals surface area (Å²) < 4.78 is 13.5. The number of carboxylic acids is 1. The highest BCUT2D eigenvalue weighted by Crippen LogP contribution is 2.30. The molecule has 0 amide bonds. The van der Waals surface area contributed by atoms with E-state index in [0.29, 0.717) is 6.54 Å². The third kappa shape index (κ3) is 3.17. The molecule has 0 spiro atoms. The number of halogens is 1. The number of benzene rings is 2. The van der Waals surface area contributed by atoms with Crippen LogP contribution in [0.1, 0.15) is 45.9 Å². The van der Waals surface area contributed by atoms with Gasteiger partial charge in [0.25, 0.3) is 0 Å². The first-order chi connectivity index (χ1) is 10.6. The molecule has 3 rings (SSSR count). The summed E-state index contributed by atoms with van der Waals surface area (Å²) in [5.41, 5.74) is 3.57. The number of carboxylic acid groups (broad SMARTS) is 1. The van der Waals surface area contributed by atoms with Crippen molar-refractivity contribution in [3.63, 3.8) is 0 Å². The van der Waals surface area contributed by atoms with Crippen molar-refractivity contribution in [1.29, 1.82) is 0 Å². The van der Waals surface area contributed by atoms with Crippen LogP contribution in [0.3, 0.4) is 0 Å². The van der Waals surface area contributed by atoms with Crippen LogP contribution in [0.25, 0.3) is 0 Å². The van der Waals surface area contributed by atoms with Gasteiger partial charge in [0.15, 0.2) is 0 Å². The van der Waals surface area contributed by atoms with Crippen molar-refractivity contribution < 1.29 is 14.3 Å². The molecule has 1 atom stereocenters. The zero-order valence-electron chi connectivity index (χ0n) is 12.2. The number of carbonyl (C=O) groups is 1. The number of aryl methyl sites for hydroxylation is 1. The first-order valence-corrected chi connectivity index (χ1v) is 7.47. The minimum Gasteiger partial charge on any atom is -0.478 e. The van der Waals surface area contributed by atoms with Crippen LogP contribution in [0.15, 0.2) is 42.5 Å². The number of rotatable bonds is 4. The quantitative estimate of drug-likeness (QED) is 0.905. The molecule has 22 heavy (non-hydrogen) atoms. The molecule has 0 fully saturated rings. The van der Waals surface area contributed by atoms with Gasteiger partial charge in [-0.05, 0) is 60.2 Å². The molecule has 0 radical (unpaired) electrons. The standard InChI is InChI=1S/C18H18FNO2/c19-15-9-8-13-2-1-3-17(16(13)10-15)20-11-12-4-6-14(7-5-12)18(21)22/h4-10,17,20H,1-3,11H2,(H,21,22)/t17-/m0/s1. The molecule has 0 aliphatic heterocycles. The average Bonchev–Trinajstić information content (AvgIpc) is 2.53. The van der Waals surface area contributed by atoms with Gasteiger partial charge in [0.1, 0.15) is 5.82 Å². The number of fused-ring (bicyclic) bond motifs is 1. The van der Waals surface area contributed by atoms with Crippen molar-refractivity contribution in [2.24, 2.45) is 0 Å². The molecule has 0 unspecified atom stereocenters. The van der Waals surface area contributed by atoms with Gasteiger partial charge in [-0.1, -0.05) is 18.2 Å². The summed E-state index contributed by atoms with van der Waals surface area (Å²) in [6, 6.07) is 12.0. The summed E-state index contributed by atoms with van der Waals surface area (Å²) in [6.07, 6.45) is 3.08. The van der Waals surface area contributed by atoms with E-state index in [9.17, 15) is 9.18 Å².